The lowest BCUT2D eigenvalue weighted by atomic mass is 9.90. The number of azo groups is 1. The lowest BCUT2D eigenvalue weighted by Crippen LogP contribution is -2.13. The van der Waals surface area contributed by atoms with Crippen LogP contribution in [0.25, 0.3) is 0 Å². The highest BCUT2D eigenvalue weighted by atomic mass is 32.2. The first-order valence-corrected chi connectivity index (χ1v) is 10.5. The number of H-pyrrole nitrogens is 1. The number of nitrogens with zero attached hydrogens (tertiary/aromatic N) is 6. The maximum Gasteiger partial charge on any atom is 0.231 e. The molecule has 2 heterocycles. The van der Waals surface area contributed by atoms with E-state index >= 15 is 0 Å². The summed E-state index contributed by atoms with van der Waals surface area (Å²) in [5.41, 5.74) is 0.987. The van der Waals surface area contributed by atoms with Crippen LogP contribution in [-0.2, 0) is 27.9 Å². The van der Waals surface area contributed by atoms with Crippen molar-refractivity contribution in [2.45, 2.75) is 52.4 Å². The minimum Gasteiger partial charge on any atom is -0.266 e. The molecule has 0 aliphatic rings. The number of anilines is 1. The highest BCUT2D eigenvalue weighted by molar-refractivity contribution is 7.92. The number of nitriles is 1. The zero-order valence-electron chi connectivity index (χ0n) is 17.4. The van der Waals surface area contributed by atoms with E-state index in [1.54, 1.807) is 7.05 Å². The number of rotatable bonds is 4. The van der Waals surface area contributed by atoms with Gasteiger partial charge in [0.25, 0.3) is 0 Å². The van der Waals surface area contributed by atoms with Gasteiger partial charge in [-0.05, 0) is 0 Å². The SMILES string of the molecule is Cn1nc(C(C)(C)C)c(/N=N/c2[nH]nc(C(C)(C)C)c2C#N)c1NS(C)(=O)=O. The first-order valence-electron chi connectivity index (χ1n) is 8.61. The molecule has 11 heteroatoms. The lowest BCUT2D eigenvalue weighted by Gasteiger charge is -2.15. The van der Waals surface area contributed by atoms with Crippen molar-refractivity contribution < 1.29 is 8.42 Å². The van der Waals surface area contributed by atoms with Gasteiger partial charge in [-0.15, -0.1) is 10.2 Å². The molecule has 0 radical (unpaired) electrons. The Morgan fingerprint density at radius 3 is 2.14 bits per heavy atom. The van der Waals surface area contributed by atoms with Crippen LogP contribution in [0.3, 0.4) is 0 Å². The van der Waals surface area contributed by atoms with Gasteiger partial charge < -0.3 is 0 Å². The molecule has 28 heavy (non-hydrogen) atoms. The lowest BCUT2D eigenvalue weighted by molar-refractivity contribution is 0.554. The maximum atomic E-state index is 11.8. The van der Waals surface area contributed by atoms with E-state index in [1.807, 2.05) is 41.5 Å². The second kappa shape index (κ2) is 7.01. The van der Waals surface area contributed by atoms with Crippen molar-refractivity contribution in [3.05, 3.63) is 17.0 Å². The topological polar surface area (TPSA) is 141 Å². The van der Waals surface area contributed by atoms with Gasteiger partial charge in [0.05, 0.1) is 17.6 Å². The molecule has 0 amide bonds. The van der Waals surface area contributed by atoms with Gasteiger partial charge in [0, 0.05) is 17.9 Å². The fraction of sp³-hybridized carbons (Fsp3) is 0.588. The van der Waals surface area contributed by atoms with E-state index in [0.29, 0.717) is 17.0 Å². The van der Waals surface area contributed by atoms with Gasteiger partial charge in [-0.1, -0.05) is 41.5 Å². The molecule has 2 rings (SSSR count). The average Bonchev–Trinajstić information content (AvgIpc) is 3.05. The number of hydrogen-bond donors (Lipinski definition) is 2. The first kappa shape index (κ1) is 21.6. The van der Waals surface area contributed by atoms with Crippen molar-refractivity contribution in [3.63, 3.8) is 0 Å². The average molecular weight is 407 g/mol. The molecule has 152 valence electrons. The van der Waals surface area contributed by atoms with Crippen molar-refractivity contribution in [3.8, 4) is 6.07 Å². The zero-order chi connectivity index (χ0) is 21.5. The molecule has 2 N–H and O–H groups in total. The third-order valence-electron chi connectivity index (χ3n) is 3.83. The van der Waals surface area contributed by atoms with Crippen molar-refractivity contribution in [2.24, 2.45) is 17.3 Å². The van der Waals surface area contributed by atoms with Gasteiger partial charge in [0.2, 0.25) is 10.0 Å². The Morgan fingerprint density at radius 1 is 1.11 bits per heavy atom. The predicted molar refractivity (Wildman–Crippen MR) is 107 cm³/mol. The summed E-state index contributed by atoms with van der Waals surface area (Å²) in [6.45, 7) is 11.6. The van der Waals surface area contributed by atoms with E-state index in [9.17, 15) is 13.7 Å². The van der Waals surface area contributed by atoms with E-state index < -0.39 is 15.4 Å². The van der Waals surface area contributed by atoms with Gasteiger partial charge in [0.1, 0.15) is 11.6 Å². The second-order valence-corrected chi connectivity index (χ2v) is 10.4. The van der Waals surface area contributed by atoms with Crippen LogP contribution in [0.2, 0.25) is 0 Å². The van der Waals surface area contributed by atoms with Gasteiger partial charge in [-0.2, -0.15) is 15.5 Å². The van der Waals surface area contributed by atoms with E-state index in [4.69, 9.17) is 0 Å². The summed E-state index contributed by atoms with van der Waals surface area (Å²) >= 11 is 0. The molecule has 2 aromatic heterocycles. The molecule has 2 aromatic rings. The molecule has 10 nitrogen and oxygen atoms in total. The Bertz CT molecular complexity index is 1060. The Balaban J connectivity index is 2.63. The summed E-state index contributed by atoms with van der Waals surface area (Å²) in [6.07, 6.45) is 1.05. The van der Waals surface area contributed by atoms with E-state index in [2.05, 4.69) is 36.3 Å². The van der Waals surface area contributed by atoms with Crippen molar-refractivity contribution in [1.29, 1.82) is 5.26 Å². The number of sulfonamides is 1. The summed E-state index contributed by atoms with van der Waals surface area (Å²) in [7, 11) is -1.93. The zero-order valence-corrected chi connectivity index (χ0v) is 18.2. The minimum absolute atomic E-state index is 0.199. The Morgan fingerprint density at radius 2 is 1.68 bits per heavy atom. The third-order valence-corrected chi connectivity index (χ3v) is 4.40. The molecule has 0 saturated heterocycles. The van der Waals surface area contributed by atoms with Crippen molar-refractivity contribution in [2.75, 3.05) is 11.0 Å². The largest absolute Gasteiger partial charge is 0.266 e. The van der Waals surface area contributed by atoms with E-state index in [0.717, 1.165) is 6.26 Å². The number of hydrogen-bond acceptors (Lipinski definition) is 7. The monoisotopic (exact) mass is 406 g/mol. The molecule has 0 aliphatic carbocycles. The summed E-state index contributed by atoms with van der Waals surface area (Å²) < 4.78 is 27.4. The fourth-order valence-electron chi connectivity index (χ4n) is 2.56. The molecule has 0 saturated carbocycles. The Kier molecular flexibility index (Phi) is 5.40. The Labute approximate surface area is 165 Å². The molecule has 0 aliphatic heterocycles. The van der Waals surface area contributed by atoms with Crippen LogP contribution in [0, 0.1) is 11.3 Å². The van der Waals surface area contributed by atoms with Crippen molar-refractivity contribution in [1.82, 2.24) is 20.0 Å². The smallest absolute Gasteiger partial charge is 0.231 e. The fourth-order valence-corrected chi connectivity index (χ4v) is 3.14. The van der Waals surface area contributed by atoms with Crippen LogP contribution in [0.5, 0.6) is 0 Å². The molecule has 0 aromatic carbocycles. The Hall–Kier alpha value is -2.74. The van der Waals surface area contributed by atoms with Gasteiger partial charge in [-0.25, -0.2) is 13.1 Å². The van der Waals surface area contributed by atoms with Crippen LogP contribution >= 0.6 is 0 Å². The van der Waals surface area contributed by atoms with Crippen LogP contribution in [-0.4, -0.2) is 34.7 Å². The summed E-state index contributed by atoms with van der Waals surface area (Å²) in [4.78, 5) is 0. The predicted octanol–water partition coefficient (Wildman–Crippen LogP) is 3.40. The third kappa shape index (κ3) is 4.56. The van der Waals surface area contributed by atoms with E-state index in [1.165, 1.54) is 4.68 Å². The second-order valence-electron chi connectivity index (χ2n) is 8.65. The number of nitrogens with one attached hydrogen (secondary N) is 2. The quantitative estimate of drug-likeness (QED) is 0.748. The van der Waals surface area contributed by atoms with Crippen LogP contribution in [0.1, 0.15) is 58.5 Å². The summed E-state index contributed by atoms with van der Waals surface area (Å²) in [5, 5.41) is 29.3. The highest BCUT2D eigenvalue weighted by Crippen LogP contribution is 2.38. The van der Waals surface area contributed by atoms with Crippen LogP contribution in [0.15, 0.2) is 10.2 Å². The van der Waals surface area contributed by atoms with Crippen molar-refractivity contribution >= 4 is 27.3 Å². The molecular weight excluding hydrogens is 380 g/mol. The van der Waals surface area contributed by atoms with Gasteiger partial charge >= 0.3 is 0 Å². The number of aromatic nitrogens is 4. The standard InChI is InChI=1S/C17H26N8O2S/c1-16(2,3)12-10(9-18)14(22-20-12)21-19-11-13(17(4,5)6)23-25(7)15(11)24-28(8,26)27/h24H,1-8H3,(H,20,22)/b21-19+. The van der Waals surface area contributed by atoms with Gasteiger partial charge in [-0.3, -0.25) is 9.82 Å². The normalized spacial score (nSPS) is 13.1. The first-order chi connectivity index (χ1) is 12.6. The molecule has 0 atom stereocenters. The molecule has 0 fully saturated rings. The number of aryl methyl sites for hydroxylation is 1. The van der Waals surface area contributed by atoms with Crippen LogP contribution in [0.4, 0.5) is 17.3 Å². The molecule has 0 unspecified atom stereocenters. The summed E-state index contributed by atoms with van der Waals surface area (Å²) in [5.74, 6) is 0.409. The minimum atomic E-state index is -3.55. The van der Waals surface area contributed by atoms with Crippen LogP contribution < -0.4 is 4.72 Å². The van der Waals surface area contributed by atoms with Gasteiger partial charge in [0.15, 0.2) is 17.3 Å². The highest BCUT2D eigenvalue weighted by Gasteiger charge is 2.28. The molecule has 0 bridgehead atoms. The maximum absolute atomic E-state index is 11.8. The summed E-state index contributed by atoms with van der Waals surface area (Å²) in [6, 6.07) is 2.11. The molecular formula is C17H26N8O2S. The molecule has 0 spiro atoms. The van der Waals surface area contributed by atoms with E-state index in [-0.39, 0.29) is 22.7 Å². The number of aromatic amines is 1.